The highest BCUT2D eigenvalue weighted by Gasteiger charge is 2.13. The van der Waals surface area contributed by atoms with E-state index >= 15 is 0 Å². The van der Waals surface area contributed by atoms with Gasteiger partial charge in [0.15, 0.2) is 0 Å². The summed E-state index contributed by atoms with van der Waals surface area (Å²) in [6.07, 6.45) is 4.44. The van der Waals surface area contributed by atoms with E-state index in [0.29, 0.717) is 18.1 Å². The first-order valence-corrected chi connectivity index (χ1v) is 11.7. The van der Waals surface area contributed by atoms with E-state index in [2.05, 4.69) is 44.6 Å². The van der Waals surface area contributed by atoms with Gasteiger partial charge in [0.2, 0.25) is 5.96 Å². The molecule has 1 saturated heterocycles. The predicted octanol–water partition coefficient (Wildman–Crippen LogP) is 3.87. The molecule has 0 radical (unpaired) electrons. The number of nitrogens with one attached hydrogen (secondary N) is 2. The maximum atomic E-state index is 13.0. The normalized spacial score (nSPS) is 14.6. The number of carbonyl (C=O) groups excluding carboxylic acids is 1. The number of aryl methyl sites for hydroxylation is 1. The van der Waals surface area contributed by atoms with Gasteiger partial charge in [0, 0.05) is 43.3 Å². The lowest BCUT2D eigenvalue weighted by Crippen LogP contribution is -2.36. The standard InChI is InChI=1S/C27H31N5O2/c1-2-21-5-9-25(10-6-21)30-27(29-19-22-11-13-28-14-12-22)31-26(33)24-7-3-23(4-8-24)20-32-15-17-34-18-16-32/h3-14H,2,15-20H2,1H3,(H2,29,30,31,33). The highest BCUT2D eigenvalue weighted by molar-refractivity contribution is 6.09. The summed E-state index contributed by atoms with van der Waals surface area (Å²) in [6.45, 7) is 6.83. The van der Waals surface area contributed by atoms with E-state index in [-0.39, 0.29) is 5.91 Å². The van der Waals surface area contributed by atoms with Crippen LogP contribution in [-0.4, -0.2) is 48.1 Å². The molecule has 2 heterocycles. The molecule has 1 fully saturated rings. The first-order valence-electron chi connectivity index (χ1n) is 11.7. The molecule has 0 bridgehead atoms. The van der Waals surface area contributed by atoms with Crippen LogP contribution in [0.1, 0.15) is 34.0 Å². The van der Waals surface area contributed by atoms with Crippen molar-refractivity contribution in [3.8, 4) is 0 Å². The van der Waals surface area contributed by atoms with Gasteiger partial charge in [-0.1, -0.05) is 31.2 Å². The Morgan fingerprint density at radius 2 is 1.62 bits per heavy atom. The molecule has 2 aromatic carbocycles. The maximum absolute atomic E-state index is 13.0. The summed E-state index contributed by atoms with van der Waals surface area (Å²) in [7, 11) is 0. The summed E-state index contributed by atoms with van der Waals surface area (Å²) in [4.78, 5) is 24.0. The number of carbonyl (C=O) groups is 1. The number of pyridine rings is 1. The molecule has 1 aliphatic heterocycles. The van der Waals surface area contributed by atoms with E-state index in [9.17, 15) is 4.79 Å². The van der Waals surface area contributed by atoms with Crippen molar-refractivity contribution in [1.29, 1.82) is 0 Å². The van der Waals surface area contributed by atoms with Gasteiger partial charge in [-0.15, -0.1) is 0 Å². The zero-order chi connectivity index (χ0) is 23.6. The second kappa shape index (κ2) is 12.1. The van der Waals surface area contributed by atoms with E-state index in [0.717, 1.165) is 50.5 Å². The van der Waals surface area contributed by atoms with Gasteiger partial charge in [-0.2, -0.15) is 0 Å². The summed E-state index contributed by atoms with van der Waals surface area (Å²) >= 11 is 0. The SMILES string of the molecule is CCc1ccc(NC(=NCc2ccncc2)NC(=O)c2ccc(CN3CCOCC3)cc2)cc1. The molecule has 7 nitrogen and oxygen atoms in total. The lowest BCUT2D eigenvalue weighted by Gasteiger charge is -2.26. The van der Waals surface area contributed by atoms with Gasteiger partial charge in [0.25, 0.3) is 5.91 Å². The van der Waals surface area contributed by atoms with Crippen molar-refractivity contribution in [3.05, 3.63) is 95.3 Å². The van der Waals surface area contributed by atoms with Crippen LogP contribution in [0.15, 0.2) is 78.0 Å². The minimum Gasteiger partial charge on any atom is -0.379 e. The number of morpholine rings is 1. The molecule has 0 spiro atoms. The molecule has 0 atom stereocenters. The molecule has 0 unspecified atom stereocenters. The molecule has 34 heavy (non-hydrogen) atoms. The average Bonchev–Trinajstić information content (AvgIpc) is 2.89. The van der Waals surface area contributed by atoms with Gasteiger partial charge in [0.1, 0.15) is 0 Å². The molecule has 4 rings (SSSR count). The van der Waals surface area contributed by atoms with Crippen molar-refractivity contribution < 1.29 is 9.53 Å². The van der Waals surface area contributed by atoms with Crippen LogP contribution >= 0.6 is 0 Å². The van der Waals surface area contributed by atoms with Gasteiger partial charge in [-0.3, -0.25) is 20.0 Å². The smallest absolute Gasteiger partial charge is 0.257 e. The van der Waals surface area contributed by atoms with Crippen LogP contribution in [0, 0.1) is 0 Å². The number of amides is 1. The third-order valence-corrected chi connectivity index (χ3v) is 5.75. The maximum Gasteiger partial charge on any atom is 0.257 e. The quantitative estimate of drug-likeness (QED) is 0.416. The van der Waals surface area contributed by atoms with E-state index in [4.69, 9.17) is 4.74 Å². The second-order valence-corrected chi connectivity index (χ2v) is 8.24. The lowest BCUT2D eigenvalue weighted by atomic mass is 10.1. The minimum absolute atomic E-state index is 0.205. The fourth-order valence-corrected chi connectivity index (χ4v) is 3.69. The number of aromatic nitrogens is 1. The zero-order valence-corrected chi connectivity index (χ0v) is 19.5. The Kier molecular flexibility index (Phi) is 8.38. The van der Waals surface area contributed by atoms with E-state index in [1.165, 1.54) is 11.1 Å². The van der Waals surface area contributed by atoms with Gasteiger partial charge in [-0.25, -0.2) is 4.99 Å². The fraction of sp³-hybridized carbons (Fsp3) is 0.296. The van der Waals surface area contributed by atoms with Gasteiger partial charge < -0.3 is 10.1 Å². The Balaban J connectivity index is 1.43. The Hall–Kier alpha value is -3.55. The van der Waals surface area contributed by atoms with Crippen LogP contribution in [0.5, 0.6) is 0 Å². The van der Waals surface area contributed by atoms with Crippen LogP contribution in [0.25, 0.3) is 0 Å². The van der Waals surface area contributed by atoms with Crippen LogP contribution in [0.2, 0.25) is 0 Å². The van der Waals surface area contributed by atoms with Crippen molar-refractivity contribution in [1.82, 2.24) is 15.2 Å². The average molecular weight is 458 g/mol. The molecule has 0 saturated carbocycles. The number of guanidine groups is 1. The number of nitrogens with zero attached hydrogens (tertiary/aromatic N) is 3. The van der Waals surface area contributed by atoms with Crippen molar-refractivity contribution in [3.63, 3.8) is 0 Å². The number of anilines is 1. The molecule has 0 aliphatic carbocycles. The summed E-state index contributed by atoms with van der Waals surface area (Å²) in [5.41, 5.74) is 4.90. The number of ether oxygens (including phenoxy) is 1. The number of hydrogen-bond donors (Lipinski definition) is 2. The highest BCUT2D eigenvalue weighted by Crippen LogP contribution is 2.12. The van der Waals surface area contributed by atoms with Crippen LogP contribution in [0.3, 0.4) is 0 Å². The summed E-state index contributed by atoms with van der Waals surface area (Å²) in [5.74, 6) is 0.201. The zero-order valence-electron chi connectivity index (χ0n) is 19.5. The number of hydrogen-bond acceptors (Lipinski definition) is 5. The molecular formula is C27H31N5O2. The Morgan fingerprint density at radius 1 is 0.941 bits per heavy atom. The number of aliphatic imine (C=N–C) groups is 1. The minimum atomic E-state index is -0.205. The largest absolute Gasteiger partial charge is 0.379 e. The Labute approximate surface area is 200 Å². The first-order chi connectivity index (χ1) is 16.7. The Morgan fingerprint density at radius 3 is 2.29 bits per heavy atom. The monoisotopic (exact) mass is 457 g/mol. The summed E-state index contributed by atoms with van der Waals surface area (Å²) < 4.78 is 5.41. The predicted molar refractivity (Wildman–Crippen MR) is 135 cm³/mol. The van der Waals surface area contributed by atoms with E-state index < -0.39 is 0 Å². The molecule has 1 amide bonds. The van der Waals surface area contributed by atoms with E-state index in [1.54, 1.807) is 12.4 Å². The Bertz CT molecular complexity index is 1080. The van der Waals surface area contributed by atoms with Crippen LogP contribution in [-0.2, 0) is 24.2 Å². The molecule has 1 aliphatic rings. The molecule has 7 heteroatoms. The second-order valence-electron chi connectivity index (χ2n) is 8.24. The van der Waals surface area contributed by atoms with E-state index in [1.807, 2.05) is 48.5 Å². The third-order valence-electron chi connectivity index (χ3n) is 5.75. The molecule has 2 N–H and O–H groups in total. The number of rotatable bonds is 7. The summed E-state index contributed by atoms with van der Waals surface area (Å²) in [6, 6.07) is 19.7. The molecule has 1 aromatic heterocycles. The van der Waals surface area contributed by atoms with Crippen molar-refractivity contribution in [2.45, 2.75) is 26.4 Å². The van der Waals surface area contributed by atoms with Crippen LogP contribution in [0.4, 0.5) is 5.69 Å². The van der Waals surface area contributed by atoms with Crippen molar-refractivity contribution >= 4 is 17.6 Å². The molecule has 176 valence electrons. The molecule has 3 aromatic rings. The third kappa shape index (κ3) is 6.97. The summed E-state index contributed by atoms with van der Waals surface area (Å²) in [5, 5.41) is 6.19. The highest BCUT2D eigenvalue weighted by atomic mass is 16.5. The first kappa shape index (κ1) is 23.6. The van der Waals surface area contributed by atoms with Crippen LogP contribution < -0.4 is 10.6 Å². The van der Waals surface area contributed by atoms with Gasteiger partial charge in [0.05, 0.1) is 19.8 Å². The fourth-order valence-electron chi connectivity index (χ4n) is 3.69. The topological polar surface area (TPSA) is 78.8 Å². The number of benzene rings is 2. The van der Waals surface area contributed by atoms with Crippen molar-refractivity contribution in [2.24, 2.45) is 4.99 Å². The van der Waals surface area contributed by atoms with Crippen molar-refractivity contribution in [2.75, 3.05) is 31.6 Å². The van der Waals surface area contributed by atoms with Gasteiger partial charge >= 0.3 is 0 Å². The lowest BCUT2D eigenvalue weighted by molar-refractivity contribution is 0.0342. The molecular weight excluding hydrogens is 426 g/mol. The van der Waals surface area contributed by atoms with Gasteiger partial charge in [-0.05, 0) is 59.5 Å².